The summed E-state index contributed by atoms with van der Waals surface area (Å²) in [6, 6.07) is 0. The second-order valence-electron chi connectivity index (χ2n) is 3.15. The van der Waals surface area contributed by atoms with Gasteiger partial charge in [0.15, 0.2) is 0 Å². The molecule has 0 saturated carbocycles. The van der Waals surface area contributed by atoms with Gasteiger partial charge in [0.05, 0.1) is 0 Å². The van der Waals surface area contributed by atoms with Gasteiger partial charge in [-0.15, -0.1) is 0 Å². The van der Waals surface area contributed by atoms with Crippen LogP contribution in [0, 0.1) is 0 Å². The fourth-order valence-electron chi connectivity index (χ4n) is 1.12. The molecule has 0 saturated heterocycles. The molecule has 0 radical (unpaired) electrons. The summed E-state index contributed by atoms with van der Waals surface area (Å²) in [6.07, 6.45) is 4.72. The van der Waals surface area contributed by atoms with E-state index in [4.69, 9.17) is 9.47 Å². The predicted octanol–water partition coefficient (Wildman–Crippen LogP) is 3.48. The lowest BCUT2D eigenvalue weighted by Gasteiger charge is -2.03. The molecule has 0 atom stereocenters. The van der Waals surface area contributed by atoms with Crippen LogP contribution in [0.15, 0.2) is 0 Å². The molecule has 17 heavy (non-hydrogen) atoms. The van der Waals surface area contributed by atoms with Crippen molar-refractivity contribution in [3.05, 3.63) is 0 Å². The van der Waals surface area contributed by atoms with E-state index in [1.54, 1.807) is 14.2 Å². The molecule has 3 nitrogen and oxygen atoms in total. The van der Waals surface area contributed by atoms with Crippen molar-refractivity contribution in [1.82, 2.24) is 5.32 Å². The van der Waals surface area contributed by atoms with Gasteiger partial charge < -0.3 is 14.8 Å². The van der Waals surface area contributed by atoms with E-state index in [1.165, 1.54) is 12.8 Å². The fourth-order valence-corrected chi connectivity index (χ4v) is 1.12. The molecule has 0 aliphatic rings. The van der Waals surface area contributed by atoms with E-state index in [0.717, 1.165) is 39.1 Å². The summed E-state index contributed by atoms with van der Waals surface area (Å²) in [5.41, 5.74) is 0. The van der Waals surface area contributed by atoms with Crippen molar-refractivity contribution in [3.63, 3.8) is 0 Å². The summed E-state index contributed by atoms with van der Waals surface area (Å²) < 4.78 is 9.91. The van der Waals surface area contributed by atoms with Crippen molar-refractivity contribution in [2.45, 2.75) is 53.4 Å². The van der Waals surface area contributed by atoms with E-state index in [1.807, 2.05) is 27.7 Å². The highest BCUT2D eigenvalue weighted by atomic mass is 16.5. The maximum Gasteiger partial charge on any atom is 0.0462 e. The molecule has 0 spiro atoms. The van der Waals surface area contributed by atoms with Gasteiger partial charge in [-0.3, -0.25) is 0 Å². The van der Waals surface area contributed by atoms with Crippen LogP contribution in [0.3, 0.4) is 0 Å². The second kappa shape index (κ2) is 29.7. The van der Waals surface area contributed by atoms with Crippen LogP contribution >= 0.6 is 0 Å². The standard InChI is InChI=1S/C10H23NO2.2C2H6/c1-12-9-5-3-7-11-8-4-6-10-13-2;2*1-2/h11H,3-10H2,1-2H3;2*1-2H3. The minimum Gasteiger partial charge on any atom is -0.385 e. The molecular weight excluding hydrogens is 214 g/mol. The van der Waals surface area contributed by atoms with Gasteiger partial charge in [-0.1, -0.05) is 27.7 Å². The SMILES string of the molecule is CC.CC.COCCCCNCCCCOC. The Morgan fingerprint density at radius 2 is 1.00 bits per heavy atom. The second-order valence-corrected chi connectivity index (χ2v) is 3.15. The number of methoxy groups -OCH3 is 2. The summed E-state index contributed by atoms with van der Waals surface area (Å²) >= 11 is 0. The highest BCUT2D eigenvalue weighted by molar-refractivity contribution is 4.48. The van der Waals surface area contributed by atoms with Gasteiger partial charge in [-0.05, 0) is 38.8 Å². The third kappa shape index (κ3) is 31.3. The Morgan fingerprint density at radius 3 is 1.29 bits per heavy atom. The fraction of sp³-hybridized carbons (Fsp3) is 1.00. The summed E-state index contributed by atoms with van der Waals surface area (Å²) in [5.74, 6) is 0. The third-order valence-corrected chi connectivity index (χ3v) is 1.90. The molecule has 0 amide bonds. The van der Waals surface area contributed by atoms with Crippen LogP contribution in [0.1, 0.15) is 53.4 Å². The van der Waals surface area contributed by atoms with Crippen LogP contribution in [-0.2, 0) is 9.47 Å². The largest absolute Gasteiger partial charge is 0.385 e. The topological polar surface area (TPSA) is 30.5 Å². The first-order valence-corrected chi connectivity index (χ1v) is 7.10. The average Bonchev–Trinajstić information content (AvgIpc) is 2.42. The number of ether oxygens (including phenoxy) is 2. The molecule has 0 aliphatic heterocycles. The van der Waals surface area contributed by atoms with Crippen molar-refractivity contribution >= 4 is 0 Å². The van der Waals surface area contributed by atoms with Crippen molar-refractivity contribution < 1.29 is 9.47 Å². The average molecular weight is 249 g/mol. The lowest BCUT2D eigenvalue weighted by molar-refractivity contribution is 0.190. The van der Waals surface area contributed by atoms with Crippen LogP contribution in [-0.4, -0.2) is 40.5 Å². The smallest absolute Gasteiger partial charge is 0.0462 e. The quantitative estimate of drug-likeness (QED) is 0.601. The molecule has 0 heterocycles. The molecule has 0 unspecified atom stereocenters. The molecule has 1 N–H and O–H groups in total. The zero-order valence-corrected chi connectivity index (χ0v) is 13.0. The van der Waals surface area contributed by atoms with Gasteiger partial charge in [0, 0.05) is 27.4 Å². The summed E-state index contributed by atoms with van der Waals surface area (Å²) in [7, 11) is 3.50. The van der Waals surface area contributed by atoms with Crippen molar-refractivity contribution in [3.8, 4) is 0 Å². The molecule has 0 aliphatic carbocycles. The van der Waals surface area contributed by atoms with Crippen molar-refractivity contribution in [1.29, 1.82) is 0 Å². The maximum absolute atomic E-state index is 4.96. The van der Waals surface area contributed by atoms with E-state index in [-0.39, 0.29) is 0 Å². The lowest BCUT2D eigenvalue weighted by atomic mass is 10.3. The minimum atomic E-state index is 0.880. The van der Waals surface area contributed by atoms with Crippen LogP contribution in [0.25, 0.3) is 0 Å². The Bertz CT molecular complexity index is 80.3. The van der Waals surface area contributed by atoms with Crippen molar-refractivity contribution in [2.75, 3.05) is 40.5 Å². The number of hydrogen-bond acceptors (Lipinski definition) is 3. The highest BCUT2D eigenvalue weighted by Crippen LogP contribution is 1.89. The van der Waals surface area contributed by atoms with Gasteiger partial charge in [0.1, 0.15) is 0 Å². The van der Waals surface area contributed by atoms with Crippen LogP contribution < -0.4 is 5.32 Å². The van der Waals surface area contributed by atoms with Gasteiger partial charge in [0.25, 0.3) is 0 Å². The molecule has 0 aromatic rings. The van der Waals surface area contributed by atoms with Gasteiger partial charge in [0.2, 0.25) is 0 Å². The number of nitrogens with one attached hydrogen (secondary N) is 1. The summed E-state index contributed by atoms with van der Waals surface area (Å²) in [5, 5.41) is 3.39. The first kappa shape index (κ1) is 22.1. The minimum absolute atomic E-state index is 0.880. The predicted molar refractivity (Wildman–Crippen MR) is 77.8 cm³/mol. The summed E-state index contributed by atoms with van der Waals surface area (Å²) in [4.78, 5) is 0. The third-order valence-electron chi connectivity index (χ3n) is 1.90. The van der Waals surface area contributed by atoms with Crippen LogP contribution in [0.4, 0.5) is 0 Å². The monoisotopic (exact) mass is 249 g/mol. The Morgan fingerprint density at radius 1 is 0.647 bits per heavy atom. The van der Waals surface area contributed by atoms with E-state index >= 15 is 0 Å². The molecule has 108 valence electrons. The molecule has 3 heteroatoms. The van der Waals surface area contributed by atoms with E-state index in [2.05, 4.69) is 5.32 Å². The Kier molecular flexibility index (Phi) is 38.6. The first-order valence-electron chi connectivity index (χ1n) is 7.10. The summed E-state index contributed by atoms with van der Waals surface area (Å²) in [6.45, 7) is 12.0. The molecule has 0 aromatic heterocycles. The zero-order valence-electron chi connectivity index (χ0n) is 13.0. The van der Waals surface area contributed by atoms with Crippen LogP contribution in [0.2, 0.25) is 0 Å². The van der Waals surface area contributed by atoms with Crippen molar-refractivity contribution in [2.24, 2.45) is 0 Å². The molecular formula is C14H35NO2. The number of unbranched alkanes of at least 4 members (excludes halogenated alkanes) is 2. The van der Waals surface area contributed by atoms with Gasteiger partial charge in [-0.25, -0.2) is 0 Å². The van der Waals surface area contributed by atoms with Gasteiger partial charge >= 0.3 is 0 Å². The first-order chi connectivity index (χ1) is 8.41. The lowest BCUT2D eigenvalue weighted by Crippen LogP contribution is -2.17. The molecule has 0 rings (SSSR count). The molecule has 0 bridgehead atoms. The Hall–Kier alpha value is -0.120. The van der Waals surface area contributed by atoms with Crippen LogP contribution in [0.5, 0.6) is 0 Å². The van der Waals surface area contributed by atoms with E-state index in [9.17, 15) is 0 Å². The zero-order chi connectivity index (χ0) is 13.8. The molecule has 0 fully saturated rings. The maximum atomic E-state index is 4.96. The highest BCUT2D eigenvalue weighted by Gasteiger charge is 1.89. The Balaban J connectivity index is -0.000000439. The normalized spacial score (nSPS) is 8.82. The van der Waals surface area contributed by atoms with Gasteiger partial charge in [-0.2, -0.15) is 0 Å². The number of rotatable bonds is 10. The van der Waals surface area contributed by atoms with E-state index < -0.39 is 0 Å². The Labute approximate surface area is 109 Å². The molecule has 0 aromatic carbocycles. The van der Waals surface area contributed by atoms with E-state index in [0.29, 0.717) is 0 Å². The number of hydrogen-bond donors (Lipinski definition) is 1.